The molecule has 3 amide bonds. The Morgan fingerprint density at radius 3 is 2.56 bits per heavy atom. The van der Waals surface area contributed by atoms with Crippen molar-refractivity contribution in [3.8, 4) is 17.2 Å². The summed E-state index contributed by atoms with van der Waals surface area (Å²) >= 11 is 1.49. The number of primary amides is 1. The first-order chi connectivity index (χ1) is 17.1. The van der Waals surface area contributed by atoms with Gasteiger partial charge in [-0.15, -0.1) is 11.3 Å². The van der Waals surface area contributed by atoms with E-state index in [9.17, 15) is 19.6 Å². The van der Waals surface area contributed by atoms with Crippen LogP contribution in [0.5, 0.6) is 0 Å². The molecule has 2 saturated heterocycles. The molecule has 3 fully saturated rings. The molecule has 3 aromatic rings. The number of imide groups is 1. The summed E-state index contributed by atoms with van der Waals surface area (Å²) in [6.45, 7) is 7.03. The second kappa shape index (κ2) is 7.58. The minimum absolute atomic E-state index is 0.0897. The largest absolute Gasteiger partial charge is 0.369 e. The van der Waals surface area contributed by atoms with Gasteiger partial charge in [0.25, 0.3) is 0 Å². The molecule has 10 heteroatoms. The number of thiophene rings is 1. The van der Waals surface area contributed by atoms with E-state index in [-0.39, 0.29) is 47.4 Å². The van der Waals surface area contributed by atoms with Crippen LogP contribution in [0.25, 0.3) is 21.3 Å². The van der Waals surface area contributed by atoms with E-state index in [2.05, 4.69) is 20.9 Å². The molecule has 2 aliphatic heterocycles. The quantitative estimate of drug-likeness (QED) is 0.532. The number of nitrogens with two attached hydrogens (primary N) is 1. The molecule has 0 aromatic carbocycles. The molecule has 0 bridgehead atoms. The molecule has 5 heterocycles. The molecule has 1 saturated carbocycles. The minimum Gasteiger partial charge on any atom is -0.369 e. The SMILES string of the molecule is Cc1nc(C#N)cc(-c2ccnc3cc(CN4C(=O)C5C(C4=O)C5(C)C)sc23)c1N1CC(C(N)=O)C1. The van der Waals surface area contributed by atoms with Crippen molar-refractivity contribution < 1.29 is 14.4 Å². The van der Waals surface area contributed by atoms with Gasteiger partial charge in [0.2, 0.25) is 17.7 Å². The maximum atomic E-state index is 12.8. The smallest absolute Gasteiger partial charge is 0.234 e. The molecule has 2 N–H and O–H groups in total. The Morgan fingerprint density at radius 1 is 1.22 bits per heavy atom. The second-order valence-corrected chi connectivity index (χ2v) is 11.6. The number of fused-ring (bicyclic) bond motifs is 2. The highest BCUT2D eigenvalue weighted by molar-refractivity contribution is 7.19. The van der Waals surface area contributed by atoms with Crippen molar-refractivity contribution in [3.63, 3.8) is 0 Å². The van der Waals surface area contributed by atoms with Crippen molar-refractivity contribution in [2.24, 2.45) is 28.9 Å². The number of rotatable bonds is 5. The number of hydrogen-bond acceptors (Lipinski definition) is 8. The molecular weight excluding hydrogens is 476 g/mol. The summed E-state index contributed by atoms with van der Waals surface area (Å²) in [4.78, 5) is 50.5. The zero-order chi connectivity index (χ0) is 25.5. The van der Waals surface area contributed by atoms with Gasteiger partial charge >= 0.3 is 0 Å². The predicted molar refractivity (Wildman–Crippen MR) is 134 cm³/mol. The lowest BCUT2D eigenvalue weighted by atomic mass is 9.94. The number of piperidine rings is 1. The van der Waals surface area contributed by atoms with Gasteiger partial charge in [0, 0.05) is 35.3 Å². The molecule has 0 radical (unpaired) electrons. The Hall–Kier alpha value is -3.84. The van der Waals surface area contributed by atoms with E-state index in [4.69, 9.17) is 5.73 Å². The summed E-state index contributed by atoms with van der Waals surface area (Å²) in [5, 5.41) is 9.57. The lowest BCUT2D eigenvalue weighted by molar-refractivity contribution is -0.143. The van der Waals surface area contributed by atoms with Gasteiger partial charge in [0.1, 0.15) is 11.8 Å². The van der Waals surface area contributed by atoms with Crippen molar-refractivity contribution in [1.82, 2.24) is 14.9 Å². The van der Waals surface area contributed by atoms with Crippen molar-refractivity contribution >= 4 is 45.0 Å². The van der Waals surface area contributed by atoms with Crippen LogP contribution in [0.4, 0.5) is 5.69 Å². The van der Waals surface area contributed by atoms with Crippen molar-refractivity contribution in [2.75, 3.05) is 18.0 Å². The average Bonchev–Trinajstić information content (AvgIpc) is 3.04. The highest BCUT2D eigenvalue weighted by Gasteiger charge is 2.72. The number of anilines is 1. The number of carbonyl (C=O) groups excluding carboxylic acids is 3. The summed E-state index contributed by atoms with van der Waals surface area (Å²) < 4.78 is 0.903. The monoisotopic (exact) mass is 500 g/mol. The average molecular weight is 501 g/mol. The zero-order valence-electron chi connectivity index (χ0n) is 20.1. The molecule has 36 heavy (non-hydrogen) atoms. The minimum atomic E-state index is -0.326. The summed E-state index contributed by atoms with van der Waals surface area (Å²) in [7, 11) is 0. The van der Waals surface area contributed by atoms with Crippen LogP contribution < -0.4 is 10.6 Å². The molecular formula is C26H24N6O3S. The normalized spacial score (nSPS) is 22.5. The van der Waals surface area contributed by atoms with Crippen LogP contribution in [0.3, 0.4) is 0 Å². The Morgan fingerprint density at radius 2 is 1.92 bits per heavy atom. The summed E-state index contributed by atoms with van der Waals surface area (Å²) in [5.74, 6) is -1.14. The lowest BCUT2D eigenvalue weighted by Crippen LogP contribution is -2.53. The summed E-state index contributed by atoms with van der Waals surface area (Å²) in [5.41, 5.74) is 9.58. The van der Waals surface area contributed by atoms with E-state index >= 15 is 0 Å². The number of nitriles is 1. The van der Waals surface area contributed by atoms with Crippen molar-refractivity contribution in [1.29, 1.82) is 5.26 Å². The second-order valence-electron chi connectivity index (χ2n) is 10.4. The standard InChI is InChI=1S/C26H24N6O3S/c1-12-21(31-9-13(10-31)23(28)33)17(6-14(8-27)30-12)16-4-5-29-18-7-15(36-22(16)18)11-32-24(34)19-20(25(32)35)26(19,2)3/h4-7,13,19-20H,9-11H2,1-3H3,(H2,28,33). The predicted octanol–water partition coefficient (Wildman–Crippen LogP) is 2.60. The molecule has 1 aliphatic carbocycles. The van der Waals surface area contributed by atoms with E-state index in [0.29, 0.717) is 24.5 Å². The maximum absolute atomic E-state index is 12.8. The van der Waals surface area contributed by atoms with E-state index < -0.39 is 0 Å². The Balaban J connectivity index is 1.38. The lowest BCUT2D eigenvalue weighted by Gasteiger charge is -2.41. The number of nitrogens with zero attached hydrogens (tertiary/aromatic N) is 5. The molecule has 6 rings (SSSR count). The molecule has 3 aromatic heterocycles. The number of hydrogen-bond donors (Lipinski definition) is 1. The first-order valence-corrected chi connectivity index (χ1v) is 12.6. The Bertz CT molecular complexity index is 1510. The number of aryl methyl sites for hydroxylation is 1. The molecule has 0 spiro atoms. The van der Waals surface area contributed by atoms with Gasteiger partial charge in [-0.05, 0) is 30.5 Å². The summed E-state index contributed by atoms with van der Waals surface area (Å²) in [6, 6.07) is 7.72. The van der Waals surface area contributed by atoms with Crippen molar-refractivity contribution in [3.05, 3.63) is 40.7 Å². The molecule has 2 unspecified atom stereocenters. The maximum Gasteiger partial charge on any atom is 0.234 e. The van der Waals surface area contributed by atoms with Crippen LogP contribution in [-0.2, 0) is 20.9 Å². The Kier molecular flexibility index (Phi) is 4.76. The van der Waals surface area contributed by atoms with E-state index in [0.717, 1.165) is 31.9 Å². The van der Waals surface area contributed by atoms with Gasteiger partial charge in [-0.25, -0.2) is 4.98 Å². The molecule has 2 atom stereocenters. The molecule has 3 aliphatic rings. The third-order valence-electron chi connectivity index (χ3n) is 7.84. The van der Waals surface area contributed by atoms with Crippen LogP contribution >= 0.6 is 11.3 Å². The fourth-order valence-corrected chi connectivity index (χ4v) is 6.89. The zero-order valence-corrected chi connectivity index (χ0v) is 20.9. The van der Waals surface area contributed by atoms with Crippen LogP contribution in [0, 0.1) is 41.4 Å². The van der Waals surface area contributed by atoms with Gasteiger partial charge in [-0.3, -0.25) is 24.3 Å². The first kappa shape index (κ1) is 22.6. The van der Waals surface area contributed by atoms with Crippen LogP contribution in [0.15, 0.2) is 24.4 Å². The first-order valence-electron chi connectivity index (χ1n) is 11.8. The van der Waals surface area contributed by atoms with Gasteiger partial charge in [0.05, 0.1) is 45.9 Å². The van der Waals surface area contributed by atoms with E-state index in [1.54, 1.807) is 12.3 Å². The van der Waals surface area contributed by atoms with Crippen LogP contribution in [0.1, 0.15) is 30.1 Å². The van der Waals surface area contributed by atoms with Gasteiger partial charge in [-0.2, -0.15) is 5.26 Å². The van der Waals surface area contributed by atoms with Crippen LogP contribution in [0.2, 0.25) is 0 Å². The van der Waals surface area contributed by atoms with Gasteiger partial charge < -0.3 is 10.6 Å². The molecule has 9 nitrogen and oxygen atoms in total. The fourth-order valence-electron chi connectivity index (χ4n) is 5.76. The summed E-state index contributed by atoms with van der Waals surface area (Å²) in [6.07, 6.45) is 1.71. The van der Waals surface area contributed by atoms with E-state index in [1.807, 2.05) is 32.9 Å². The third-order valence-corrected chi connectivity index (χ3v) is 8.98. The number of carbonyl (C=O) groups is 3. The third kappa shape index (κ3) is 3.15. The Labute approximate surface area is 211 Å². The highest BCUT2D eigenvalue weighted by Crippen LogP contribution is 2.63. The topological polar surface area (TPSA) is 133 Å². The molecule has 182 valence electrons. The van der Waals surface area contributed by atoms with Gasteiger partial charge in [-0.1, -0.05) is 13.8 Å². The van der Waals surface area contributed by atoms with Gasteiger partial charge in [0.15, 0.2) is 0 Å². The van der Waals surface area contributed by atoms with E-state index in [1.165, 1.54) is 16.2 Å². The van der Waals surface area contributed by atoms with Crippen LogP contribution in [-0.4, -0.2) is 45.7 Å². The fraction of sp³-hybridized carbons (Fsp3) is 0.385. The highest BCUT2D eigenvalue weighted by atomic mass is 32.1. The number of pyridine rings is 2. The number of amides is 3. The van der Waals surface area contributed by atoms with Crippen molar-refractivity contribution in [2.45, 2.75) is 27.3 Å². The number of likely N-dealkylation sites (tertiary alicyclic amines) is 1. The number of aromatic nitrogens is 2.